The van der Waals surface area contributed by atoms with Gasteiger partial charge in [0, 0.05) is 24.8 Å². The Hall–Kier alpha value is -2.29. The molecule has 0 radical (unpaired) electrons. The molecule has 0 spiro atoms. The molecule has 1 aliphatic rings. The fraction of sp³-hybridized carbons (Fsp3) is 0.333. The standard InChI is InChI=1S/C18H18ClFN4O4S/c1-11(22)18(25)10-24(29(26,27)17-5-3-13(19)8-23-17)9-16(18)28-14-4-2-12(7-21)15(20)6-14/h2-6,8,11,16,25H,9-10,22H2,1H3/t11-,16-,18+/m0/s1. The van der Waals surface area contributed by atoms with Crippen molar-refractivity contribution in [3.8, 4) is 11.8 Å². The number of ether oxygens (including phenoxy) is 1. The van der Waals surface area contributed by atoms with Crippen LogP contribution in [0, 0.1) is 17.1 Å². The maximum absolute atomic E-state index is 13.9. The zero-order valence-corrected chi connectivity index (χ0v) is 16.9. The lowest BCUT2D eigenvalue weighted by Crippen LogP contribution is -2.56. The predicted molar refractivity (Wildman–Crippen MR) is 102 cm³/mol. The highest BCUT2D eigenvalue weighted by atomic mass is 35.5. The average molecular weight is 441 g/mol. The van der Waals surface area contributed by atoms with E-state index in [9.17, 15) is 17.9 Å². The van der Waals surface area contributed by atoms with Crippen LogP contribution in [0.4, 0.5) is 4.39 Å². The molecule has 1 aromatic heterocycles. The van der Waals surface area contributed by atoms with E-state index in [1.54, 1.807) is 6.07 Å². The molecule has 29 heavy (non-hydrogen) atoms. The molecule has 1 saturated heterocycles. The number of benzene rings is 1. The van der Waals surface area contributed by atoms with Crippen molar-refractivity contribution in [2.45, 2.75) is 29.7 Å². The molecule has 11 heteroatoms. The lowest BCUT2D eigenvalue weighted by atomic mass is 9.92. The van der Waals surface area contributed by atoms with E-state index in [0.29, 0.717) is 0 Å². The average Bonchev–Trinajstić information content (AvgIpc) is 3.01. The van der Waals surface area contributed by atoms with Crippen molar-refractivity contribution in [2.75, 3.05) is 13.1 Å². The van der Waals surface area contributed by atoms with E-state index in [0.717, 1.165) is 10.4 Å². The van der Waals surface area contributed by atoms with Crippen LogP contribution < -0.4 is 10.5 Å². The number of sulfonamides is 1. The summed E-state index contributed by atoms with van der Waals surface area (Å²) >= 11 is 5.76. The second-order valence-electron chi connectivity index (χ2n) is 6.75. The topological polar surface area (TPSA) is 130 Å². The summed E-state index contributed by atoms with van der Waals surface area (Å²) in [6.45, 7) is 0.958. The number of pyridine rings is 1. The van der Waals surface area contributed by atoms with Crippen molar-refractivity contribution in [3.63, 3.8) is 0 Å². The minimum atomic E-state index is -4.05. The van der Waals surface area contributed by atoms with Gasteiger partial charge in [-0.25, -0.2) is 17.8 Å². The molecule has 0 amide bonds. The number of aromatic nitrogens is 1. The highest BCUT2D eigenvalue weighted by Crippen LogP contribution is 2.32. The second kappa shape index (κ2) is 7.85. The number of nitrogens with two attached hydrogens (primary N) is 1. The molecule has 1 fully saturated rings. The molecule has 0 aliphatic carbocycles. The number of hydrogen-bond acceptors (Lipinski definition) is 7. The zero-order chi connectivity index (χ0) is 21.4. The number of nitriles is 1. The molecule has 0 unspecified atom stereocenters. The molecule has 3 N–H and O–H groups in total. The van der Waals surface area contributed by atoms with Crippen LogP contribution in [0.2, 0.25) is 5.02 Å². The SMILES string of the molecule is C[C@H](N)[C@]1(O)CN(S(=O)(=O)c2ccc(Cl)cn2)C[C@@H]1Oc1ccc(C#N)c(F)c1. The van der Waals surface area contributed by atoms with E-state index in [2.05, 4.69) is 4.98 Å². The quantitative estimate of drug-likeness (QED) is 0.716. The molecule has 0 saturated carbocycles. The molecule has 3 rings (SSSR count). The van der Waals surface area contributed by atoms with Crippen LogP contribution in [0.15, 0.2) is 41.6 Å². The van der Waals surface area contributed by atoms with Crippen LogP contribution in [-0.2, 0) is 10.0 Å². The number of nitrogens with zero attached hydrogens (tertiary/aromatic N) is 3. The first-order valence-electron chi connectivity index (χ1n) is 8.54. The number of hydrogen-bond donors (Lipinski definition) is 2. The van der Waals surface area contributed by atoms with Gasteiger partial charge in [-0.15, -0.1) is 0 Å². The van der Waals surface area contributed by atoms with Gasteiger partial charge in [-0.05, 0) is 31.2 Å². The highest BCUT2D eigenvalue weighted by molar-refractivity contribution is 7.89. The van der Waals surface area contributed by atoms with Crippen molar-refractivity contribution < 1.29 is 22.7 Å². The van der Waals surface area contributed by atoms with Crippen molar-refractivity contribution in [1.82, 2.24) is 9.29 Å². The lowest BCUT2D eigenvalue weighted by molar-refractivity contribution is -0.0425. The zero-order valence-electron chi connectivity index (χ0n) is 15.3. The largest absolute Gasteiger partial charge is 0.486 e. The smallest absolute Gasteiger partial charge is 0.260 e. The molecule has 8 nitrogen and oxygen atoms in total. The summed E-state index contributed by atoms with van der Waals surface area (Å²) < 4.78 is 46.4. The molecule has 2 heterocycles. The number of halogens is 2. The molecule has 2 aromatic rings. The monoisotopic (exact) mass is 440 g/mol. The molecule has 3 atom stereocenters. The van der Waals surface area contributed by atoms with E-state index < -0.39 is 33.6 Å². The van der Waals surface area contributed by atoms with Gasteiger partial charge < -0.3 is 15.6 Å². The number of β-amino-alcohol motifs (C(OH)–C–C–N with tert-alkyl or cyclic N) is 1. The van der Waals surface area contributed by atoms with E-state index in [-0.39, 0.29) is 34.5 Å². The molecule has 1 aliphatic heterocycles. The van der Waals surface area contributed by atoms with E-state index in [1.165, 1.54) is 37.4 Å². The third-order valence-corrected chi connectivity index (χ3v) is 6.74. The molecular formula is C18H18ClFN4O4S. The Bertz CT molecular complexity index is 1060. The highest BCUT2D eigenvalue weighted by Gasteiger charge is 2.53. The number of aliphatic hydroxyl groups is 1. The van der Waals surface area contributed by atoms with Gasteiger partial charge in [0.25, 0.3) is 10.0 Å². The fourth-order valence-corrected chi connectivity index (χ4v) is 4.53. The summed E-state index contributed by atoms with van der Waals surface area (Å²) in [5.41, 5.74) is 4.02. The van der Waals surface area contributed by atoms with Crippen molar-refractivity contribution in [2.24, 2.45) is 5.73 Å². The van der Waals surface area contributed by atoms with Gasteiger partial charge in [0.1, 0.15) is 29.3 Å². The first-order chi connectivity index (χ1) is 13.6. The van der Waals surface area contributed by atoms with Gasteiger partial charge in [-0.3, -0.25) is 0 Å². The van der Waals surface area contributed by atoms with Crippen molar-refractivity contribution in [3.05, 3.63) is 52.9 Å². The van der Waals surface area contributed by atoms with Crippen LogP contribution in [0.25, 0.3) is 0 Å². The predicted octanol–water partition coefficient (Wildman–Crippen LogP) is 1.28. The van der Waals surface area contributed by atoms with Gasteiger partial charge in [0.15, 0.2) is 5.03 Å². The van der Waals surface area contributed by atoms with Crippen LogP contribution >= 0.6 is 11.6 Å². The van der Waals surface area contributed by atoms with Crippen molar-refractivity contribution >= 4 is 21.6 Å². The van der Waals surface area contributed by atoms with Gasteiger partial charge >= 0.3 is 0 Å². The van der Waals surface area contributed by atoms with E-state index in [4.69, 9.17) is 27.3 Å². The third-order valence-electron chi connectivity index (χ3n) is 4.79. The second-order valence-corrected chi connectivity index (χ2v) is 9.07. The third kappa shape index (κ3) is 4.05. The molecule has 0 bridgehead atoms. The minimum absolute atomic E-state index is 0.0365. The summed E-state index contributed by atoms with van der Waals surface area (Å²) in [7, 11) is -4.05. The van der Waals surface area contributed by atoms with Crippen LogP contribution in [-0.4, -0.2) is 53.6 Å². The summed E-state index contributed by atoms with van der Waals surface area (Å²) in [6.07, 6.45) is 0.132. The minimum Gasteiger partial charge on any atom is -0.486 e. The van der Waals surface area contributed by atoms with Gasteiger partial charge in [-0.2, -0.15) is 9.57 Å². The van der Waals surface area contributed by atoms with Crippen molar-refractivity contribution in [1.29, 1.82) is 5.26 Å². The Morgan fingerprint density at radius 3 is 2.76 bits per heavy atom. The maximum Gasteiger partial charge on any atom is 0.260 e. The van der Waals surface area contributed by atoms with Crippen LogP contribution in [0.5, 0.6) is 5.75 Å². The van der Waals surface area contributed by atoms with Gasteiger partial charge in [0.05, 0.1) is 17.1 Å². The Kier molecular flexibility index (Phi) is 5.80. The Balaban J connectivity index is 1.90. The van der Waals surface area contributed by atoms with E-state index >= 15 is 0 Å². The summed E-state index contributed by atoms with van der Waals surface area (Å²) in [6, 6.07) is 7.08. The fourth-order valence-electron chi connectivity index (χ4n) is 3.02. The lowest BCUT2D eigenvalue weighted by Gasteiger charge is -2.32. The van der Waals surface area contributed by atoms with Gasteiger partial charge in [0.2, 0.25) is 0 Å². The van der Waals surface area contributed by atoms with Crippen LogP contribution in [0.1, 0.15) is 12.5 Å². The van der Waals surface area contributed by atoms with Gasteiger partial charge in [-0.1, -0.05) is 11.6 Å². The first-order valence-corrected chi connectivity index (χ1v) is 10.4. The molecule has 154 valence electrons. The molecule has 1 aromatic carbocycles. The summed E-state index contributed by atoms with van der Waals surface area (Å²) in [5.74, 6) is -0.753. The summed E-state index contributed by atoms with van der Waals surface area (Å²) in [5, 5.41) is 19.9. The maximum atomic E-state index is 13.9. The first kappa shape index (κ1) is 21.4. The number of rotatable bonds is 5. The van der Waals surface area contributed by atoms with E-state index in [1.807, 2.05) is 0 Å². The Labute approximate surface area is 172 Å². The summed E-state index contributed by atoms with van der Waals surface area (Å²) in [4.78, 5) is 3.83. The Morgan fingerprint density at radius 1 is 1.48 bits per heavy atom. The molecular weight excluding hydrogens is 423 g/mol. The normalized spacial score (nSPS) is 23.5. The Morgan fingerprint density at radius 2 is 2.21 bits per heavy atom. The van der Waals surface area contributed by atoms with Crippen LogP contribution in [0.3, 0.4) is 0 Å².